The SMILES string of the molecule is [KH].[c]1cnc2ccccc2c1. The van der Waals surface area contributed by atoms with E-state index >= 15 is 0 Å². The molecule has 0 fully saturated rings. The molecule has 1 aromatic heterocycles. The third-order valence-electron chi connectivity index (χ3n) is 1.45. The second-order valence-electron chi connectivity index (χ2n) is 2.13. The van der Waals surface area contributed by atoms with Crippen LogP contribution in [0.1, 0.15) is 0 Å². The van der Waals surface area contributed by atoms with Gasteiger partial charge in [-0.05, 0) is 12.1 Å². The molecule has 0 spiro atoms. The standard InChI is InChI=1S/C9H6N.K.H/c1-2-6-9-8(4-1)5-3-7-10-9;;/h1-2,4-7H;;. The zero-order chi connectivity index (χ0) is 6.81. The Bertz CT molecular complexity index is 281. The molecule has 0 aliphatic heterocycles. The van der Waals surface area contributed by atoms with Gasteiger partial charge in [-0.3, -0.25) is 4.98 Å². The van der Waals surface area contributed by atoms with Crippen LogP contribution >= 0.6 is 0 Å². The summed E-state index contributed by atoms with van der Waals surface area (Å²) in [4.78, 5) is 4.13. The van der Waals surface area contributed by atoms with Crippen LogP contribution < -0.4 is 0 Å². The van der Waals surface area contributed by atoms with Gasteiger partial charge in [0.1, 0.15) is 0 Å². The Kier molecular flexibility index (Phi) is 3.68. The number of benzene rings is 1. The number of nitrogens with zero attached hydrogens (tertiary/aromatic N) is 1. The molecule has 0 atom stereocenters. The Hall–Kier alpha value is 0.266. The number of para-hydroxylation sites is 1. The summed E-state index contributed by atoms with van der Waals surface area (Å²) in [5.74, 6) is 0. The third kappa shape index (κ3) is 2.10. The minimum absolute atomic E-state index is 0. The molecular formula is C9H7KN. The molecule has 1 nitrogen and oxygen atoms in total. The first-order valence-electron chi connectivity index (χ1n) is 3.18. The minimum Gasteiger partial charge on any atom is -0.256 e. The van der Waals surface area contributed by atoms with Gasteiger partial charge in [0.15, 0.2) is 0 Å². The Morgan fingerprint density at radius 3 is 2.82 bits per heavy atom. The van der Waals surface area contributed by atoms with E-state index in [0.29, 0.717) is 0 Å². The molecule has 2 heteroatoms. The summed E-state index contributed by atoms with van der Waals surface area (Å²) in [6, 6.07) is 12.9. The van der Waals surface area contributed by atoms with Crippen molar-refractivity contribution < 1.29 is 0 Å². The van der Waals surface area contributed by atoms with Gasteiger partial charge in [-0.25, -0.2) is 0 Å². The quantitative estimate of drug-likeness (QED) is 0.542. The van der Waals surface area contributed by atoms with Crippen molar-refractivity contribution in [2.24, 2.45) is 0 Å². The van der Waals surface area contributed by atoms with Crippen LogP contribution in [0, 0.1) is 6.07 Å². The molecule has 2 rings (SSSR count). The van der Waals surface area contributed by atoms with Crippen molar-refractivity contribution in [1.29, 1.82) is 0 Å². The van der Waals surface area contributed by atoms with E-state index in [2.05, 4.69) is 11.1 Å². The van der Waals surface area contributed by atoms with Crippen molar-refractivity contribution in [3.8, 4) is 0 Å². The monoisotopic (exact) mass is 168 g/mol. The topological polar surface area (TPSA) is 12.9 Å². The van der Waals surface area contributed by atoms with Crippen LogP contribution in [0.25, 0.3) is 10.9 Å². The molecule has 0 amide bonds. The van der Waals surface area contributed by atoms with Crippen LogP contribution in [0.2, 0.25) is 0 Å². The fourth-order valence-electron chi connectivity index (χ4n) is 0.961. The van der Waals surface area contributed by atoms with E-state index in [1.807, 2.05) is 30.3 Å². The molecule has 49 valence electrons. The van der Waals surface area contributed by atoms with E-state index in [1.54, 1.807) is 6.20 Å². The average molecular weight is 168 g/mol. The molecule has 1 radical (unpaired) electrons. The van der Waals surface area contributed by atoms with Gasteiger partial charge < -0.3 is 0 Å². The number of pyridine rings is 1. The van der Waals surface area contributed by atoms with Gasteiger partial charge in [0.25, 0.3) is 0 Å². The molecule has 0 aliphatic carbocycles. The molecule has 0 saturated carbocycles. The number of aromatic nitrogens is 1. The molecule has 0 N–H and O–H groups in total. The molecule has 11 heavy (non-hydrogen) atoms. The minimum atomic E-state index is 0. The Balaban J connectivity index is 0.000000605. The van der Waals surface area contributed by atoms with Crippen LogP contribution in [0.5, 0.6) is 0 Å². The fraction of sp³-hybridized carbons (Fsp3) is 0. The summed E-state index contributed by atoms with van der Waals surface area (Å²) in [6.45, 7) is 0. The first-order valence-corrected chi connectivity index (χ1v) is 3.18. The Morgan fingerprint density at radius 1 is 1.18 bits per heavy atom. The Morgan fingerprint density at radius 2 is 2.00 bits per heavy atom. The summed E-state index contributed by atoms with van der Waals surface area (Å²) in [7, 11) is 0. The van der Waals surface area contributed by atoms with E-state index in [-0.39, 0.29) is 51.4 Å². The second kappa shape index (κ2) is 4.33. The predicted octanol–water partition coefficient (Wildman–Crippen LogP) is 1.39. The molecule has 0 saturated heterocycles. The van der Waals surface area contributed by atoms with Crippen molar-refractivity contribution in [1.82, 2.24) is 4.98 Å². The van der Waals surface area contributed by atoms with Crippen LogP contribution in [-0.4, -0.2) is 56.4 Å². The normalized spacial score (nSPS) is 9.09. The van der Waals surface area contributed by atoms with Crippen molar-refractivity contribution >= 4 is 62.3 Å². The molecular weight excluding hydrogens is 161 g/mol. The smallest absolute Gasteiger partial charge is 0.0702 e. The van der Waals surface area contributed by atoms with Crippen molar-refractivity contribution in [2.75, 3.05) is 0 Å². The average Bonchev–Trinajstić information content (AvgIpc) is 2.05. The van der Waals surface area contributed by atoms with Crippen LogP contribution in [-0.2, 0) is 0 Å². The number of hydrogen-bond donors (Lipinski definition) is 0. The van der Waals surface area contributed by atoms with Gasteiger partial charge in [-0.15, -0.1) is 0 Å². The van der Waals surface area contributed by atoms with Gasteiger partial charge in [-0.1, -0.05) is 18.2 Å². The van der Waals surface area contributed by atoms with Crippen molar-refractivity contribution in [2.45, 2.75) is 0 Å². The van der Waals surface area contributed by atoms with Gasteiger partial charge in [-0.2, -0.15) is 0 Å². The first-order chi connectivity index (χ1) is 4.97. The van der Waals surface area contributed by atoms with Gasteiger partial charge >= 0.3 is 51.4 Å². The maximum atomic E-state index is 4.13. The van der Waals surface area contributed by atoms with Crippen LogP contribution in [0.15, 0.2) is 36.5 Å². The zero-order valence-electron chi connectivity index (χ0n) is 5.41. The van der Waals surface area contributed by atoms with E-state index in [4.69, 9.17) is 0 Å². The van der Waals surface area contributed by atoms with E-state index < -0.39 is 0 Å². The summed E-state index contributed by atoms with van der Waals surface area (Å²) >= 11 is 0. The van der Waals surface area contributed by atoms with Gasteiger partial charge in [0.05, 0.1) is 5.52 Å². The van der Waals surface area contributed by atoms with Crippen LogP contribution in [0.4, 0.5) is 0 Å². The van der Waals surface area contributed by atoms with Gasteiger partial charge in [0.2, 0.25) is 0 Å². The molecule has 2 aromatic rings. The molecule has 0 bridgehead atoms. The Labute approximate surface area is 108 Å². The molecule has 1 aromatic carbocycles. The second-order valence-corrected chi connectivity index (χ2v) is 2.13. The van der Waals surface area contributed by atoms with Crippen molar-refractivity contribution in [3.63, 3.8) is 0 Å². The van der Waals surface area contributed by atoms with E-state index in [9.17, 15) is 0 Å². The third-order valence-corrected chi connectivity index (χ3v) is 1.45. The van der Waals surface area contributed by atoms with Crippen LogP contribution in [0.3, 0.4) is 0 Å². The molecule has 1 heterocycles. The predicted molar refractivity (Wildman–Crippen MR) is 47.7 cm³/mol. The summed E-state index contributed by atoms with van der Waals surface area (Å²) in [5, 5.41) is 1.14. The maximum absolute atomic E-state index is 4.13. The fourth-order valence-corrected chi connectivity index (χ4v) is 0.961. The number of fused-ring (bicyclic) bond motifs is 1. The van der Waals surface area contributed by atoms with E-state index in [0.717, 1.165) is 10.9 Å². The first kappa shape index (κ1) is 9.36. The molecule has 0 aliphatic rings. The summed E-state index contributed by atoms with van der Waals surface area (Å²) < 4.78 is 0. The summed E-state index contributed by atoms with van der Waals surface area (Å²) in [5.41, 5.74) is 1.03. The van der Waals surface area contributed by atoms with E-state index in [1.165, 1.54) is 0 Å². The maximum Gasteiger partial charge on any atom is 0.0702 e. The van der Waals surface area contributed by atoms with Gasteiger partial charge in [0, 0.05) is 17.6 Å². The number of hydrogen-bond acceptors (Lipinski definition) is 1. The summed E-state index contributed by atoms with van der Waals surface area (Å²) in [6.07, 6.45) is 1.68. The zero-order valence-corrected chi connectivity index (χ0v) is 5.41. The van der Waals surface area contributed by atoms with Crippen molar-refractivity contribution in [3.05, 3.63) is 42.6 Å². The largest absolute Gasteiger partial charge is 0.256 e. The number of rotatable bonds is 0. The molecule has 0 unspecified atom stereocenters.